The van der Waals surface area contributed by atoms with Crippen LogP contribution in [0.2, 0.25) is 0 Å². The van der Waals surface area contributed by atoms with Gasteiger partial charge in [-0.05, 0) is 50.6 Å². The van der Waals surface area contributed by atoms with Gasteiger partial charge in [0.1, 0.15) is 23.8 Å². The fourth-order valence-corrected chi connectivity index (χ4v) is 4.77. The number of ether oxygens (including phenoxy) is 3. The average Bonchev–Trinajstić information content (AvgIpc) is 3.17. The smallest absolute Gasteiger partial charge is 0.268 e. The van der Waals surface area contributed by atoms with E-state index < -0.39 is 6.10 Å². The van der Waals surface area contributed by atoms with Gasteiger partial charge in [-0.15, -0.1) is 11.3 Å². The van der Waals surface area contributed by atoms with Gasteiger partial charge >= 0.3 is 0 Å². The first kappa shape index (κ1) is 23.6. The number of fused-ring (bicyclic) bond motifs is 1. The lowest BCUT2D eigenvalue weighted by molar-refractivity contribution is -0.128. The van der Waals surface area contributed by atoms with Crippen LogP contribution in [-0.2, 0) is 9.59 Å². The van der Waals surface area contributed by atoms with E-state index in [-0.39, 0.29) is 18.4 Å². The van der Waals surface area contributed by atoms with Crippen LogP contribution in [0.1, 0.15) is 23.2 Å². The predicted molar refractivity (Wildman–Crippen MR) is 132 cm³/mol. The van der Waals surface area contributed by atoms with E-state index in [1.54, 1.807) is 36.6 Å². The minimum absolute atomic E-state index is 0.176. The highest BCUT2D eigenvalue weighted by Gasteiger charge is 2.35. The maximum absolute atomic E-state index is 13.2. The number of thiazole rings is 1. The molecule has 0 bridgehead atoms. The van der Waals surface area contributed by atoms with Crippen molar-refractivity contribution in [3.05, 3.63) is 46.3 Å². The quantitative estimate of drug-likeness (QED) is 0.531. The van der Waals surface area contributed by atoms with Gasteiger partial charge in [0.05, 0.1) is 36.3 Å². The summed E-state index contributed by atoms with van der Waals surface area (Å²) < 4.78 is 16.5. The molecular weight excluding hydrogens is 454 g/mol. The summed E-state index contributed by atoms with van der Waals surface area (Å²) >= 11 is 1.62. The number of methoxy groups -OCH3 is 2. The van der Waals surface area contributed by atoms with Crippen molar-refractivity contribution in [3.8, 4) is 28.5 Å². The number of amides is 2. The van der Waals surface area contributed by atoms with E-state index in [2.05, 4.69) is 10.3 Å². The first-order valence-corrected chi connectivity index (χ1v) is 11.7. The van der Waals surface area contributed by atoms with Crippen LogP contribution in [0.3, 0.4) is 0 Å². The van der Waals surface area contributed by atoms with E-state index in [0.29, 0.717) is 35.0 Å². The van der Waals surface area contributed by atoms with Crippen LogP contribution in [0, 0.1) is 13.8 Å². The third-order valence-corrected chi connectivity index (χ3v) is 6.48. The van der Waals surface area contributed by atoms with Gasteiger partial charge in [-0.2, -0.15) is 0 Å². The largest absolute Gasteiger partial charge is 0.497 e. The van der Waals surface area contributed by atoms with E-state index in [9.17, 15) is 9.59 Å². The zero-order chi connectivity index (χ0) is 24.4. The van der Waals surface area contributed by atoms with Crippen LogP contribution in [0.5, 0.6) is 17.2 Å². The van der Waals surface area contributed by atoms with Gasteiger partial charge in [0, 0.05) is 16.5 Å². The summed E-state index contributed by atoms with van der Waals surface area (Å²) in [5.74, 6) is 1.01. The minimum atomic E-state index is -0.652. The summed E-state index contributed by atoms with van der Waals surface area (Å²) in [6, 6.07) is 10.8. The third-order valence-electron chi connectivity index (χ3n) is 5.59. The number of hydrogen-bond acceptors (Lipinski definition) is 7. The maximum atomic E-state index is 13.2. The molecule has 34 heavy (non-hydrogen) atoms. The number of rotatable bonds is 7. The fourth-order valence-electron chi connectivity index (χ4n) is 3.93. The Morgan fingerprint density at radius 2 is 1.97 bits per heavy atom. The molecule has 0 saturated heterocycles. The van der Waals surface area contributed by atoms with E-state index in [0.717, 1.165) is 21.1 Å². The molecule has 9 heteroatoms. The van der Waals surface area contributed by atoms with Crippen LogP contribution >= 0.6 is 11.3 Å². The molecule has 3 aromatic rings. The lowest BCUT2D eigenvalue weighted by atomic mass is 10.1. The molecule has 0 saturated carbocycles. The molecule has 1 aliphatic heterocycles. The zero-order valence-corrected chi connectivity index (χ0v) is 20.6. The number of carbonyl (C=O) groups excluding carboxylic acids is 2. The number of anilines is 2. The predicted octanol–water partition coefficient (Wildman–Crippen LogP) is 4.59. The highest BCUT2D eigenvalue weighted by atomic mass is 32.1. The molecule has 0 aliphatic carbocycles. The molecule has 1 aromatic heterocycles. The number of aryl methyl sites for hydroxylation is 2. The Balaban J connectivity index is 1.66. The van der Waals surface area contributed by atoms with Gasteiger partial charge in [-0.1, -0.05) is 6.92 Å². The Morgan fingerprint density at radius 3 is 2.62 bits per heavy atom. The van der Waals surface area contributed by atoms with Gasteiger partial charge < -0.3 is 19.5 Å². The molecule has 178 valence electrons. The number of nitrogens with one attached hydrogen (secondary N) is 1. The van der Waals surface area contributed by atoms with E-state index in [4.69, 9.17) is 14.2 Å². The number of nitrogens with zero attached hydrogens (tertiary/aromatic N) is 2. The van der Waals surface area contributed by atoms with Gasteiger partial charge in [-0.25, -0.2) is 4.98 Å². The molecule has 0 fully saturated rings. The highest BCUT2D eigenvalue weighted by molar-refractivity contribution is 7.11. The Morgan fingerprint density at radius 1 is 1.18 bits per heavy atom. The third kappa shape index (κ3) is 4.56. The highest BCUT2D eigenvalue weighted by Crippen LogP contribution is 2.39. The van der Waals surface area contributed by atoms with Crippen molar-refractivity contribution < 1.29 is 23.8 Å². The molecule has 4 rings (SSSR count). The van der Waals surface area contributed by atoms with Gasteiger partial charge in [-0.3, -0.25) is 14.5 Å². The van der Waals surface area contributed by atoms with Crippen molar-refractivity contribution in [2.24, 2.45) is 0 Å². The first-order chi connectivity index (χ1) is 16.3. The molecule has 1 aliphatic rings. The summed E-state index contributed by atoms with van der Waals surface area (Å²) in [7, 11) is 3.07. The van der Waals surface area contributed by atoms with Crippen LogP contribution < -0.4 is 24.4 Å². The summed E-state index contributed by atoms with van der Waals surface area (Å²) in [4.78, 5) is 33.5. The molecule has 8 nitrogen and oxygen atoms in total. The molecule has 2 heterocycles. The number of carbonyl (C=O) groups is 2. The van der Waals surface area contributed by atoms with Crippen LogP contribution in [-0.4, -0.2) is 43.7 Å². The molecular formula is C25H27N3O5S. The van der Waals surface area contributed by atoms with Crippen molar-refractivity contribution in [1.29, 1.82) is 0 Å². The Hall–Kier alpha value is -3.59. The Bertz CT molecular complexity index is 1240. The van der Waals surface area contributed by atoms with Gasteiger partial charge in [0.15, 0.2) is 6.10 Å². The van der Waals surface area contributed by atoms with E-state index >= 15 is 0 Å². The van der Waals surface area contributed by atoms with Gasteiger partial charge in [0.25, 0.3) is 5.91 Å². The van der Waals surface area contributed by atoms with Crippen LogP contribution in [0.25, 0.3) is 11.3 Å². The summed E-state index contributed by atoms with van der Waals surface area (Å²) in [6.45, 7) is 5.68. The summed E-state index contributed by atoms with van der Waals surface area (Å²) in [5, 5.41) is 3.80. The second kappa shape index (κ2) is 9.72. The molecule has 0 radical (unpaired) electrons. The van der Waals surface area contributed by atoms with E-state index in [1.165, 1.54) is 12.0 Å². The monoisotopic (exact) mass is 481 g/mol. The van der Waals surface area contributed by atoms with E-state index in [1.807, 2.05) is 39.0 Å². The molecule has 1 atom stereocenters. The van der Waals surface area contributed by atoms with Crippen molar-refractivity contribution in [2.45, 2.75) is 33.3 Å². The Labute approximate surface area is 202 Å². The zero-order valence-electron chi connectivity index (χ0n) is 19.8. The topological polar surface area (TPSA) is 90.0 Å². The van der Waals surface area contributed by atoms with Crippen LogP contribution in [0.4, 0.5) is 11.4 Å². The molecule has 2 amide bonds. The van der Waals surface area contributed by atoms with Crippen molar-refractivity contribution in [2.75, 3.05) is 31.0 Å². The second-order valence-corrected chi connectivity index (χ2v) is 9.28. The molecule has 1 N–H and O–H groups in total. The molecule has 1 unspecified atom stereocenters. The number of hydrogen-bond donors (Lipinski definition) is 1. The number of aromatic nitrogens is 1. The maximum Gasteiger partial charge on any atom is 0.268 e. The van der Waals surface area contributed by atoms with Crippen molar-refractivity contribution in [1.82, 2.24) is 4.98 Å². The summed E-state index contributed by atoms with van der Waals surface area (Å²) in [6.07, 6.45) is -0.160. The Kier molecular flexibility index (Phi) is 6.74. The standard InChI is InChI=1S/C25H27N3O5S/c1-6-20-25(30)28(13-23(29)27-18-12-17(31-4)8-10-21(18)32-5)19-11-16(7-9-22(19)33-20)24-14(2)34-15(3)26-24/h7-12,20H,6,13H2,1-5H3,(H,27,29). The van der Waals surface area contributed by atoms with Crippen LogP contribution in [0.15, 0.2) is 36.4 Å². The fraction of sp³-hybridized carbons (Fsp3) is 0.320. The average molecular weight is 482 g/mol. The first-order valence-electron chi connectivity index (χ1n) is 10.9. The molecule has 2 aromatic carbocycles. The van der Waals surface area contributed by atoms with Crippen molar-refractivity contribution >= 4 is 34.5 Å². The lowest BCUT2D eigenvalue weighted by Crippen LogP contribution is -2.48. The normalized spacial score (nSPS) is 14.9. The SMILES string of the molecule is CCC1Oc2ccc(-c3nc(C)sc3C)cc2N(CC(=O)Nc2cc(OC)ccc2OC)C1=O. The minimum Gasteiger partial charge on any atom is -0.497 e. The van der Waals surface area contributed by atoms with Gasteiger partial charge in [0.2, 0.25) is 5.91 Å². The summed E-state index contributed by atoms with van der Waals surface area (Å²) in [5.41, 5.74) is 2.74. The number of benzene rings is 2. The van der Waals surface area contributed by atoms with Crippen molar-refractivity contribution in [3.63, 3.8) is 0 Å². The lowest BCUT2D eigenvalue weighted by Gasteiger charge is -2.34. The second-order valence-electron chi connectivity index (χ2n) is 7.87. The molecule has 0 spiro atoms.